The normalized spacial score (nSPS) is 9.65. The smallest absolute Gasteiger partial charge is 0.152 e. The molecule has 2 nitrogen and oxygen atoms in total. The lowest BCUT2D eigenvalue weighted by atomic mass is 10.2. The minimum Gasteiger partial charge on any atom is -0.508 e. The molecule has 112 valence electrons. The Bertz CT molecular complexity index is 371. The number of rotatable bonds is 3. The zero-order valence-electron chi connectivity index (χ0n) is 13.1. The number of hydrogen-bond donors (Lipinski definition) is 1. The molecule has 0 heterocycles. The fraction of sp³-hybridized carbons (Fsp3) is 0.353. The molecule has 0 atom stereocenters. The molecule has 0 aliphatic rings. The Morgan fingerprint density at radius 1 is 1.20 bits per heavy atom. The number of aryl methyl sites for hydroxylation is 1. The van der Waals surface area contributed by atoms with E-state index >= 15 is 0 Å². The van der Waals surface area contributed by atoms with Crippen molar-refractivity contribution in [2.45, 2.75) is 27.2 Å². The Morgan fingerprint density at radius 3 is 2.05 bits per heavy atom. The fourth-order valence-electron chi connectivity index (χ4n) is 0.950. The lowest BCUT2D eigenvalue weighted by molar-refractivity contribution is -0.112. The van der Waals surface area contributed by atoms with Crippen LogP contribution in [0.1, 0.15) is 25.8 Å². The third-order valence-electron chi connectivity index (χ3n) is 1.85. The molecule has 20 heavy (non-hydrogen) atoms. The van der Waals surface area contributed by atoms with E-state index in [1.165, 1.54) is 12.5 Å². The second kappa shape index (κ2) is 15.6. The Hall–Kier alpha value is -1.48. The zero-order chi connectivity index (χ0) is 15.8. The van der Waals surface area contributed by atoms with Crippen LogP contribution in [0.2, 0.25) is 0 Å². The van der Waals surface area contributed by atoms with E-state index in [4.69, 9.17) is 5.11 Å². The third-order valence-corrected chi connectivity index (χ3v) is 1.85. The largest absolute Gasteiger partial charge is 0.508 e. The minimum absolute atomic E-state index is 0.0933. The van der Waals surface area contributed by atoms with Crippen LogP contribution in [-0.2, 0) is 4.79 Å². The average Bonchev–Trinajstić information content (AvgIpc) is 2.40. The summed E-state index contributed by atoms with van der Waals surface area (Å²) in [6, 6.07) is 7.09. The molecular formula is C17H26O2S. The molecule has 0 bridgehead atoms. The zero-order valence-corrected chi connectivity index (χ0v) is 13.9. The van der Waals surface area contributed by atoms with Crippen molar-refractivity contribution in [1.29, 1.82) is 0 Å². The summed E-state index contributed by atoms with van der Waals surface area (Å²) in [7, 11) is 0. The maximum atomic E-state index is 10.3. The Morgan fingerprint density at radius 2 is 1.70 bits per heavy atom. The second-order valence-electron chi connectivity index (χ2n) is 4.05. The highest BCUT2D eigenvalue weighted by Gasteiger charge is 1.82. The van der Waals surface area contributed by atoms with Crippen molar-refractivity contribution in [2.24, 2.45) is 0 Å². The molecule has 0 aliphatic carbocycles. The molecule has 0 amide bonds. The predicted molar refractivity (Wildman–Crippen MR) is 91.5 cm³/mol. The van der Waals surface area contributed by atoms with Crippen LogP contribution in [-0.4, -0.2) is 23.4 Å². The molecule has 0 aromatic heterocycles. The van der Waals surface area contributed by atoms with E-state index in [0.29, 0.717) is 5.75 Å². The topological polar surface area (TPSA) is 37.3 Å². The summed E-state index contributed by atoms with van der Waals surface area (Å²) in [5, 5.41) is 8.76. The number of carbonyl (C=O) groups excluding carboxylic acids is 1. The number of allylic oxidation sites excluding steroid dienone is 4. The summed E-state index contributed by atoms with van der Waals surface area (Å²) >= 11 is 1.75. The molecule has 1 aromatic rings. The molecular weight excluding hydrogens is 268 g/mol. The van der Waals surface area contributed by atoms with Gasteiger partial charge in [-0.05, 0) is 51.0 Å². The van der Waals surface area contributed by atoms with Gasteiger partial charge in [0.2, 0.25) is 0 Å². The van der Waals surface area contributed by atoms with Crippen LogP contribution in [0, 0.1) is 6.92 Å². The molecule has 1 aromatic carbocycles. The highest BCUT2D eigenvalue weighted by atomic mass is 32.2. The summed E-state index contributed by atoms with van der Waals surface area (Å²) in [4.78, 5) is 10.3. The van der Waals surface area contributed by atoms with E-state index in [9.17, 15) is 4.79 Å². The van der Waals surface area contributed by atoms with Crippen LogP contribution in [0.15, 0.2) is 48.6 Å². The molecule has 0 aliphatic heterocycles. The van der Waals surface area contributed by atoms with Crippen molar-refractivity contribution in [3.63, 3.8) is 0 Å². The number of phenolic OH excluding ortho intramolecular Hbond substituents is 1. The van der Waals surface area contributed by atoms with Gasteiger partial charge in [0.25, 0.3) is 0 Å². The summed E-state index contributed by atoms with van der Waals surface area (Å²) in [5.74, 6) is 0.423. The van der Waals surface area contributed by atoms with Gasteiger partial charge in [-0.25, -0.2) is 0 Å². The highest BCUT2D eigenvalue weighted by molar-refractivity contribution is 7.97. The summed E-state index contributed by atoms with van der Waals surface area (Å²) in [5.41, 5.74) is 1.17. The first-order valence-electron chi connectivity index (χ1n) is 6.47. The van der Waals surface area contributed by atoms with E-state index in [1.807, 2.05) is 43.7 Å². The maximum Gasteiger partial charge on any atom is 0.152 e. The predicted octanol–water partition coefficient (Wildman–Crippen LogP) is 4.78. The first-order valence-corrected chi connectivity index (χ1v) is 8.10. The lowest BCUT2D eigenvalue weighted by Crippen LogP contribution is -1.77. The van der Waals surface area contributed by atoms with Crippen molar-refractivity contribution in [1.82, 2.24) is 0 Å². The van der Waals surface area contributed by atoms with E-state index in [2.05, 4.69) is 6.92 Å². The molecule has 0 radical (unpaired) electrons. The van der Waals surface area contributed by atoms with E-state index < -0.39 is 0 Å². The van der Waals surface area contributed by atoms with Crippen molar-refractivity contribution in [3.8, 4) is 5.75 Å². The number of thioether (sulfide) groups is 1. The second-order valence-corrected chi connectivity index (χ2v) is 4.87. The molecule has 3 heteroatoms. The van der Waals surface area contributed by atoms with Crippen LogP contribution in [0.4, 0.5) is 0 Å². The van der Waals surface area contributed by atoms with Crippen molar-refractivity contribution in [2.75, 3.05) is 12.5 Å². The third kappa shape index (κ3) is 18.9. The van der Waals surface area contributed by atoms with Crippen molar-refractivity contribution in [3.05, 3.63) is 54.1 Å². The van der Waals surface area contributed by atoms with Gasteiger partial charge in [0, 0.05) is 0 Å². The maximum absolute atomic E-state index is 10.3. The van der Waals surface area contributed by atoms with Gasteiger partial charge in [0.05, 0.1) is 0 Å². The minimum atomic E-state index is 0.0933. The summed E-state index contributed by atoms with van der Waals surface area (Å²) in [6.45, 7) is 5.58. The first kappa shape index (κ1) is 20.8. The molecule has 0 fully saturated rings. The Balaban J connectivity index is 0. The Kier molecular flexibility index (Phi) is 16.2. The average molecular weight is 294 g/mol. The number of carbonyl (C=O) groups is 1. The van der Waals surface area contributed by atoms with Gasteiger partial charge in [0.15, 0.2) is 5.78 Å². The van der Waals surface area contributed by atoms with E-state index in [0.717, 1.165) is 6.42 Å². The van der Waals surface area contributed by atoms with Crippen LogP contribution in [0.3, 0.4) is 0 Å². The number of aromatic hydroxyl groups is 1. The van der Waals surface area contributed by atoms with Gasteiger partial charge in [-0.15, -0.1) is 0 Å². The molecule has 0 saturated heterocycles. The van der Waals surface area contributed by atoms with Gasteiger partial charge in [0.1, 0.15) is 5.75 Å². The van der Waals surface area contributed by atoms with Gasteiger partial charge in [-0.1, -0.05) is 42.8 Å². The molecule has 0 spiro atoms. The first-order chi connectivity index (χ1) is 9.47. The van der Waals surface area contributed by atoms with Gasteiger partial charge >= 0.3 is 0 Å². The van der Waals surface area contributed by atoms with E-state index in [1.54, 1.807) is 36.0 Å². The molecule has 1 N–H and O–H groups in total. The molecule has 0 unspecified atom stereocenters. The molecule has 0 saturated carbocycles. The van der Waals surface area contributed by atoms with Gasteiger partial charge in [-0.3, -0.25) is 4.79 Å². The summed E-state index contributed by atoms with van der Waals surface area (Å²) in [6.07, 6.45) is 12.3. The van der Waals surface area contributed by atoms with Crippen LogP contribution < -0.4 is 0 Å². The lowest BCUT2D eigenvalue weighted by Gasteiger charge is -1.89. The van der Waals surface area contributed by atoms with Gasteiger partial charge in [-0.2, -0.15) is 11.8 Å². The quantitative estimate of drug-likeness (QED) is 0.644. The van der Waals surface area contributed by atoms with Gasteiger partial charge < -0.3 is 5.11 Å². The fourth-order valence-corrected chi connectivity index (χ4v) is 0.950. The van der Waals surface area contributed by atoms with Crippen LogP contribution >= 0.6 is 11.8 Å². The van der Waals surface area contributed by atoms with Crippen LogP contribution in [0.25, 0.3) is 0 Å². The number of benzene rings is 1. The highest BCUT2D eigenvalue weighted by Crippen LogP contribution is 2.07. The van der Waals surface area contributed by atoms with Crippen molar-refractivity contribution < 1.29 is 9.90 Å². The number of phenols is 1. The Labute approximate surface area is 127 Å². The van der Waals surface area contributed by atoms with E-state index in [-0.39, 0.29) is 5.78 Å². The van der Waals surface area contributed by atoms with Crippen molar-refractivity contribution >= 4 is 17.5 Å². The standard InChI is InChI=1S/C8H12O.C7H8O.C2H6S/c1-3-4-5-6-7-8(2)9;1-6-2-4-7(8)5-3-6;1-3-2/h4-7H,3H2,1-2H3;2-5,8H,1H3;1-2H3/b5-4+,7-6+;;. The summed E-state index contributed by atoms with van der Waals surface area (Å²) < 4.78 is 0. The SMILES string of the molecule is CC/C=C/C=C/C(C)=O.CSC.Cc1ccc(O)cc1. The number of hydrogen-bond acceptors (Lipinski definition) is 3. The number of ketones is 1. The molecule has 1 rings (SSSR count). The monoisotopic (exact) mass is 294 g/mol. The van der Waals surface area contributed by atoms with Crippen LogP contribution in [0.5, 0.6) is 5.75 Å².